The summed E-state index contributed by atoms with van der Waals surface area (Å²) in [6.45, 7) is 5.37. The fourth-order valence-electron chi connectivity index (χ4n) is 2.37. The molecule has 2 N–H and O–H groups in total. The third-order valence-corrected chi connectivity index (χ3v) is 3.58. The molecule has 6 heteroatoms. The number of aryl methyl sites for hydroxylation is 2. The van der Waals surface area contributed by atoms with Gasteiger partial charge in [0.1, 0.15) is 12.2 Å². The van der Waals surface area contributed by atoms with Crippen molar-refractivity contribution in [1.82, 2.24) is 9.88 Å². The summed E-state index contributed by atoms with van der Waals surface area (Å²) < 4.78 is 1.34. The molecule has 0 radical (unpaired) electrons. The Bertz CT molecular complexity index is 824. The normalized spacial score (nSPS) is 10.3. The van der Waals surface area contributed by atoms with Crippen LogP contribution in [0.4, 0.5) is 5.69 Å². The molecule has 1 aromatic carbocycles. The van der Waals surface area contributed by atoms with Crippen LogP contribution in [0, 0.1) is 13.8 Å². The van der Waals surface area contributed by atoms with E-state index in [1.807, 2.05) is 31.2 Å². The van der Waals surface area contributed by atoms with Crippen LogP contribution in [0.5, 0.6) is 0 Å². The molecule has 0 unspecified atom stereocenters. The van der Waals surface area contributed by atoms with E-state index in [0.29, 0.717) is 12.2 Å². The second kappa shape index (κ2) is 7.59. The van der Waals surface area contributed by atoms with Crippen LogP contribution in [0.2, 0.25) is 0 Å². The SMILES string of the molecule is CC(=O)Nc1ccc(C)n(CC(=O)NCc2cccc(C)c2)c1=O. The number of pyridine rings is 1. The fourth-order valence-corrected chi connectivity index (χ4v) is 2.37. The molecule has 0 aliphatic carbocycles. The minimum Gasteiger partial charge on any atom is -0.350 e. The number of nitrogens with zero attached hydrogens (tertiary/aromatic N) is 1. The van der Waals surface area contributed by atoms with Crippen molar-refractivity contribution in [2.24, 2.45) is 0 Å². The van der Waals surface area contributed by atoms with Gasteiger partial charge in [0, 0.05) is 19.2 Å². The lowest BCUT2D eigenvalue weighted by atomic mass is 10.1. The Hall–Kier alpha value is -2.89. The molecule has 0 saturated heterocycles. The van der Waals surface area contributed by atoms with Gasteiger partial charge in [-0.3, -0.25) is 14.4 Å². The molecule has 0 aliphatic rings. The molecular formula is C18H21N3O3. The van der Waals surface area contributed by atoms with Crippen molar-refractivity contribution in [1.29, 1.82) is 0 Å². The van der Waals surface area contributed by atoms with Crippen LogP contribution in [-0.4, -0.2) is 16.4 Å². The van der Waals surface area contributed by atoms with Gasteiger partial charge in [-0.25, -0.2) is 0 Å². The second-order valence-electron chi connectivity index (χ2n) is 5.73. The lowest BCUT2D eigenvalue weighted by molar-refractivity contribution is -0.121. The molecule has 0 aliphatic heterocycles. The second-order valence-corrected chi connectivity index (χ2v) is 5.73. The number of aromatic nitrogens is 1. The van der Waals surface area contributed by atoms with Gasteiger partial charge in [-0.05, 0) is 31.5 Å². The van der Waals surface area contributed by atoms with Gasteiger partial charge in [-0.15, -0.1) is 0 Å². The Labute approximate surface area is 140 Å². The van der Waals surface area contributed by atoms with Gasteiger partial charge in [-0.1, -0.05) is 29.8 Å². The molecule has 6 nitrogen and oxygen atoms in total. The van der Waals surface area contributed by atoms with Crippen LogP contribution in [-0.2, 0) is 22.7 Å². The van der Waals surface area contributed by atoms with Gasteiger partial charge < -0.3 is 15.2 Å². The van der Waals surface area contributed by atoms with Crippen LogP contribution < -0.4 is 16.2 Å². The molecule has 2 rings (SSSR count). The van der Waals surface area contributed by atoms with Crippen molar-refractivity contribution >= 4 is 17.5 Å². The quantitative estimate of drug-likeness (QED) is 0.878. The minimum absolute atomic E-state index is 0.0933. The lowest BCUT2D eigenvalue weighted by Crippen LogP contribution is -2.34. The molecule has 1 aromatic heterocycles. The van der Waals surface area contributed by atoms with E-state index in [1.165, 1.54) is 11.5 Å². The molecule has 126 valence electrons. The Kier molecular flexibility index (Phi) is 5.52. The molecule has 0 bridgehead atoms. The smallest absolute Gasteiger partial charge is 0.274 e. The average Bonchev–Trinajstić information content (AvgIpc) is 2.52. The van der Waals surface area contributed by atoms with E-state index in [2.05, 4.69) is 10.6 Å². The first-order chi connectivity index (χ1) is 11.4. The van der Waals surface area contributed by atoms with Crippen molar-refractivity contribution in [3.05, 3.63) is 63.6 Å². The van der Waals surface area contributed by atoms with E-state index in [9.17, 15) is 14.4 Å². The summed E-state index contributed by atoms with van der Waals surface area (Å²) in [7, 11) is 0. The summed E-state index contributed by atoms with van der Waals surface area (Å²) in [6.07, 6.45) is 0. The summed E-state index contributed by atoms with van der Waals surface area (Å²) in [5.74, 6) is -0.590. The number of carbonyl (C=O) groups is 2. The van der Waals surface area contributed by atoms with Crippen molar-refractivity contribution in [2.45, 2.75) is 33.9 Å². The van der Waals surface area contributed by atoms with Crippen molar-refractivity contribution < 1.29 is 9.59 Å². The number of hydrogen-bond donors (Lipinski definition) is 2. The van der Waals surface area contributed by atoms with E-state index >= 15 is 0 Å². The molecule has 0 atom stereocenters. The Morgan fingerprint density at radius 1 is 1.12 bits per heavy atom. The van der Waals surface area contributed by atoms with Crippen LogP contribution in [0.1, 0.15) is 23.7 Å². The van der Waals surface area contributed by atoms with Crippen LogP contribution in [0.3, 0.4) is 0 Å². The predicted molar refractivity (Wildman–Crippen MR) is 92.8 cm³/mol. The van der Waals surface area contributed by atoms with Gasteiger partial charge in [0.2, 0.25) is 11.8 Å². The minimum atomic E-state index is -0.393. The highest BCUT2D eigenvalue weighted by atomic mass is 16.2. The van der Waals surface area contributed by atoms with Crippen LogP contribution >= 0.6 is 0 Å². The summed E-state index contributed by atoms with van der Waals surface area (Å²) in [5.41, 5.74) is 2.55. The Morgan fingerprint density at radius 2 is 1.88 bits per heavy atom. The van der Waals surface area contributed by atoms with E-state index in [4.69, 9.17) is 0 Å². The zero-order chi connectivity index (χ0) is 17.7. The van der Waals surface area contributed by atoms with Gasteiger partial charge in [0.25, 0.3) is 5.56 Å². The summed E-state index contributed by atoms with van der Waals surface area (Å²) in [6, 6.07) is 11.1. The fraction of sp³-hybridized carbons (Fsp3) is 0.278. The standard InChI is InChI=1S/C18H21N3O3/c1-12-5-4-6-15(9-12)10-19-17(23)11-21-13(2)7-8-16(18(21)24)20-14(3)22/h4-9H,10-11H2,1-3H3,(H,19,23)(H,20,22). The molecule has 24 heavy (non-hydrogen) atoms. The zero-order valence-corrected chi connectivity index (χ0v) is 14.1. The van der Waals surface area contributed by atoms with E-state index < -0.39 is 5.56 Å². The number of rotatable bonds is 5. The molecule has 0 spiro atoms. The van der Waals surface area contributed by atoms with E-state index in [-0.39, 0.29) is 24.0 Å². The lowest BCUT2D eigenvalue weighted by Gasteiger charge is -2.12. The zero-order valence-electron chi connectivity index (χ0n) is 14.1. The maximum atomic E-state index is 12.3. The summed E-state index contributed by atoms with van der Waals surface area (Å²) >= 11 is 0. The molecular weight excluding hydrogens is 306 g/mol. The first kappa shape index (κ1) is 17.5. The van der Waals surface area contributed by atoms with Crippen molar-refractivity contribution in [3.63, 3.8) is 0 Å². The third kappa shape index (κ3) is 4.55. The molecule has 1 heterocycles. The molecule has 0 fully saturated rings. The number of nitrogens with one attached hydrogen (secondary N) is 2. The maximum absolute atomic E-state index is 12.3. The highest BCUT2D eigenvalue weighted by Crippen LogP contribution is 2.05. The van der Waals surface area contributed by atoms with Gasteiger partial charge in [0.05, 0.1) is 0 Å². The third-order valence-electron chi connectivity index (χ3n) is 3.58. The first-order valence-electron chi connectivity index (χ1n) is 7.67. The Morgan fingerprint density at radius 3 is 2.54 bits per heavy atom. The van der Waals surface area contributed by atoms with Gasteiger partial charge in [0.15, 0.2) is 0 Å². The molecule has 2 aromatic rings. The number of hydrogen-bond acceptors (Lipinski definition) is 3. The highest BCUT2D eigenvalue weighted by Gasteiger charge is 2.11. The number of benzene rings is 1. The van der Waals surface area contributed by atoms with Crippen molar-refractivity contribution in [3.8, 4) is 0 Å². The average molecular weight is 327 g/mol. The maximum Gasteiger partial charge on any atom is 0.274 e. The summed E-state index contributed by atoms with van der Waals surface area (Å²) in [4.78, 5) is 35.6. The first-order valence-corrected chi connectivity index (χ1v) is 7.67. The topological polar surface area (TPSA) is 80.2 Å². The van der Waals surface area contributed by atoms with Gasteiger partial charge in [-0.2, -0.15) is 0 Å². The number of anilines is 1. The monoisotopic (exact) mass is 327 g/mol. The van der Waals surface area contributed by atoms with E-state index in [0.717, 1.165) is 11.1 Å². The number of carbonyl (C=O) groups excluding carboxylic acids is 2. The van der Waals surface area contributed by atoms with Gasteiger partial charge >= 0.3 is 0 Å². The summed E-state index contributed by atoms with van der Waals surface area (Å²) in [5, 5.41) is 5.28. The van der Waals surface area contributed by atoms with E-state index in [1.54, 1.807) is 19.1 Å². The molecule has 2 amide bonds. The molecule has 0 saturated carbocycles. The highest BCUT2D eigenvalue weighted by molar-refractivity contribution is 5.88. The van der Waals surface area contributed by atoms with Crippen LogP contribution in [0.15, 0.2) is 41.2 Å². The largest absolute Gasteiger partial charge is 0.350 e. The predicted octanol–water partition coefficient (Wildman–Crippen LogP) is 1.74. The Balaban J connectivity index is 2.08. The van der Waals surface area contributed by atoms with Crippen molar-refractivity contribution in [2.75, 3.05) is 5.32 Å². The van der Waals surface area contributed by atoms with Crippen LogP contribution in [0.25, 0.3) is 0 Å². The number of amides is 2.